The summed E-state index contributed by atoms with van der Waals surface area (Å²) < 4.78 is 67.2. The molecule has 3 aromatic carbocycles. The van der Waals surface area contributed by atoms with Crippen molar-refractivity contribution in [1.82, 2.24) is 15.1 Å². The van der Waals surface area contributed by atoms with Gasteiger partial charge in [-0.05, 0) is 48.0 Å². The molecule has 1 aliphatic heterocycles. The van der Waals surface area contributed by atoms with Gasteiger partial charge >= 0.3 is 6.18 Å². The summed E-state index contributed by atoms with van der Waals surface area (Å²) in [5.41, 5.74) is -0.831. The van der Waals surface area contributed by atoms with Gasteiger partial charge in [0.25, 0.3) is 11.8 Å². The molecule has 38 heavy (non-hydrogen) atoms. The fraction of sp³-hybridized carbons (Fsp3) is 0.222. The highest BCUT2D eigenvalue weighted by atomic mass is 19.4. The molecule has 0 aliphatic carbocycles. The summed E-state index contributed by atoms with van der Waals surface area (Å²) in [4.78, 5) is 40.4. The number of carbonyl (C=O) groups is 3. The van der Waals surface area contributed by atoms with Crippen LogP contribution in [0.2, 0.25) is 0 Å². The normalized spacial score (nSPS) is 13.8. The summed E-state index contributed by atoms with van der Waals surface area (Å²) >= 11 is 0. The molecular weight excluding hydrogens is 509 g/mol. The molecule has 1 saturated heterocycles. The Labute approximate surface area is 214 Å². The molecule has 0 aromatic heterocycles. The summed E-state index contributed by atoms with van der Waals surface area (Å²) in [6, 6.07) is 13.4. The minimum Gasteiger partial charge on any atom is -0.343 e. The number of benzene rings is 3. The average Bonchev–Trinajstić information content (AvgIpc) is 2.92. The first kappa shape index (κ1) is 26.8. The molecule has 11 heteroatoms. The summed E-state index contributed by atoms with van der Waals surface area (Å²) in [6.07, 6.45) is -4.67. The maximum Gasteiger partial charge on any atom is 0.417 e. The molecule has 0 spiro atoms. The van der Waals surface area contributed by atoms with Gasteiger partial charge in [0, 0.05) is 37.3 Å². The quantitative estimate of drug-likeness (QED) is 0.498. The monoisotopic (exact) mass is 531 g/mol. The van der Waals surface area contributed by atoms with Crippen molar-refractivity contribution in [3.8, 4) is 11.1 Å². The second-order valence-corrected chi connectivity index (χ2v) is 8.60. The Kier molecular flexibility index (Phi) is 7.75. The zero-order chi connectivity index (χ0) is 27.4. The highest BCUT2D eigenvalue weighted by Gasteiger charge is 2.36. The molecule has 0 atom stereocenters. The molecule has 0 unspecified atom stereocenters. The number of rotatable bonds is 5. The number of alkyl halides is 3. The second kappa shape index (κ2) is 11.0. The standard InChI is InChI=1S/C27H22F5N3O3/c28-19-9-10-23(29)21(15-19)17-5-7-18(8-6-17)25(37)33-16-24(36)34-11-13-35(14-12-34)26(38)20-3-1-2-4-22(20)27(30,31)32/h1-10,15H,11-14,16H2,(H,33,37). The molecule has 3 aromatic rings. The van der Waals surface area contributed by atoms with Crippen LogP contribution in [-0.4, -0.2) is 60.2 Å². The molecule has 1 aliphatic rings. The zero-order valence-corrected chi connectivity index (χ0v) is 19.9. The van der Waals surface area contributed by atoms with Crippen LogP contribution < -0.4 is 5.32 Å². The lowest BCUT2D eigenvalue weighted by molar-refractivity contribution is -0.138. The highest BCUT2D eigenvalue weighted by molar-refractivity contribution is 5.97. The van der Waals surface area contributed by atoms with E-state index in [1.807, 2.05) is 0 Å². The number of carbonyl (C=O) groups excluding carboxylic acids is 3. The fourth-order valence-electron chi connectivity index (χ4n) is 4.14. The van der Waals surface area contributed by atoms with E-state index in [0.717, 1.165) is 30.3 Å². The van der Waals surface area contributed by atoms with Crippen molar-refractivity contribution in [2.75, 3.05) is 32.7 Å². The van der Waals surface area contributed by atoms with Crippen LogP contribution in [0.3, 0.4) is 0 Å². The van der Waals surface area contributed by atoms with Crippen molar-refractivity contribution in [2.45, 2.75) is 6.18 Å². The van der Waals surface area contributed by atoms with E-state index in [9.17, 15) is 36.3 Å². The van der Waals surface area contributed by atoms with E-state index in [-0.39, 0.29) is 43.9 Å². The zero-order valence-electron chi connectivity index (χ0n) is 19.9. The molecule has 1 N–H and O–H groups in total. The molecule has 0 saturated carbocycles. The number of nitrogens with one attached hydrogen (secondary N) is 1. The predicted molar refractivity (Wildman–Crippen MR) is 128 cm³/mol. The van der Waals surface area contributed by atoms with Gasteiger partial charge < -0.3 is 15.1 Å². The number of hydrogen-bond donors (Lipinski definition) is 1. The van der Waals surface area contributed by atoms with Crippen molar-refractivity contribution in [1.29, 1.82) is 0 Å². The number of hydrogen-bond acceptors (Lipinski definition) is 3. The van der Waals surface area contributed by atoms with Crippen molar-refractivity contribution in [3.05, 3.63) is 95.1 Å². The number of amides is 3. The lowest BCUT2D eigenvalue weighted by Crippen LogP contribution is -2.52. The number of nitrogens with zero attached hydrogens (tertiary/aromatic N) is 2. The van der Waals surface area contributed by atoms with Crippen molar-refractivity contribution < 1.29 is 36.3 Å². The van der Waals surface area contributed by atoms with E-state index in [0.29, 0.717) is 5.56 Å². The Morgan fingerprint density at radius 3 is 2.11 bits per heavy atom. The Hall–Kier alpha value is -4.28. The summed E-state index contributed by atoms with van der Waals surface area (Å²) in [7, 11) is 0. The SMILES string of the molecule is O=C(NCC(=O)N1CCN(C(=O)c2ccccc2C(F)(F)F)CC1)c1ccc(-c2cc(F)ccc2F)cc1. The molecule has 1 heterocycles. The molecule has 0 radical (unpaired) electrons. The van der Waals surface area contributed by atoms with Crippen LogP contribution in [0, 0.1) is 11.6 Å². The van der Waals surface area contributed by atoms with Crippen LogP contribution in [0.25, 0.3) is 11.1 Å². The third kappa shape index (κ3) is 5.99. The van der Waals surface area contributed by atoms with Crippen molar-refractivity contribution in [3.63, 3.8) is 0 Å². The van der Waals surface area contributed by atoms with Gasteiger partial charge in [-0.1, -0.05) is 24.3 Å². The Morgan fingerprint density at radius 1 is 0.816 bits per heavy atom. The van der Waals surface area contributed by atoms with Gasteiger partial charge in [0.05, 0.1) is 17.7 Å². The first-order chi connectivity index (χ1) is 18.0. The molecular formula is C27H22F5N3O3. The molecule has 0 bridgehead atoms. The third-order valence-electron chi connectivity index (χ3n) is 6.17. The van der Waals surface area contributed by atoms with Gasteiger partial charge in [0.15, 0.2) is 0 Å². The molecule has 4 rings (SSSR count). The molecule has 1 fully saturated rings. The van der Waals surface area contributed by atoms with Crippen molar-refractivity contribution >= 4 is 17.7 Å². The molecule has 198 valence electrons. The van der Waals surface area contributed by atoms with Crippen LogP contribution in [0.4, 0.5) is 22.0 Å². The van der Waals surface area contributed by atoms with Gasteiger partial charge in [0.2, 0.25) is 5.91 Å². The Balaban J connectivity index is 1.30. The largest absolute Gasteiger partial charge is 0.417 e. The highest BCUT2D eigenvalue weighted by Crippen LogP contribution is 2.32. The third-order valence-corrected chi connectivity index (χ3v) is 6.17. The van der Waals surface area contributed by atoms with E-state index in [2.05, 4.69) is 5.32 Å². The first-order valence-electron chi connectivity index (χ1n) is 11.6. The molecule has 6 nitrogen and oxygen atoms in total. The fourth-order valence-corrected chi connectivity index (χ4v) is 4.14. The first-order valence-corrected chi connectivity index (χ1v) is 11.6. The smallest absolute Gasteiger partial charge is 0.343 e. The van der Waals surface area contributed by atoms with Gasteiger partial charge in [-0.3, -0.25) is 14.4 Å². The topological polar surface area (TPSA) is 69.7 Å². The van der Waals surface area contributed by atoms with Gasteiger partial charge in [-0.25, -0.2) is 8.78 Å². The van der Waals surface area contributed by atoms with Gasteiger partial charge in [-0.2, -0.15) is 13.2 Å². The lowest BCUT2D eigenvalue weighted by Gasteiger charge is -2.35. The second-order valence-electron chi connectivity index (χ2n) is 8.60. The summed E-state index contributed by atoms with van der Waals surface area (Å²) in [5.74, 6) is -2.94. The van der Waals surface area contributed by atoms with Gasteiger partial charge in [0.1, 0.15) is 11.6 Å². The summed E-state index contributed by atoms with van der Waals surface area (Å²) in [5, 5.41) is 2.49. The van der Waals surface area contributed by atoms with Crippen LogP contribution >= 0.6 is 0 Å². The van der Waals surface area contributed by atoms with Crippen molar-refractivity contribution in [2.24, 2.45) is 0 Å². The van der Waals surface area contributed by atoms with Crippen LogP contribution in [0.1, 0.15) is 26.3 Å². The van der Waals surface area contributed by atoms with Gasteiger partial charge in [-0.15, -0.1) is 0 Å². The Bertz CT molecular complexity index is 1350. The maximum absolute atomic E-state index is 14.0. The lowest BCUT2D eigenvalue weighted by atomic mass is 10.0. The van der Waals surface area contributed by atoms with E-state index < -0.39 is 46.7 Å². The van der Waals surface area contributed by atoms with E-state index in [1.165, 1.54) is 46.2 Å². The van der Waals surface area contributed by atoms with Crippen LogP contribution in [0.15, 0.2) is 66.7 Å². The van der Waals surface area contributed by atoms with Crippen LogP contribution in [-0.2, 0) is 11.0 Å². The summed E-state index contributed by atoms with van der Waals surface area (Å²) in [6.45, 7) is -0.0410. The van der Waals surface area contributed by atoms with E-state index in [4.69, 9.17) is 0 Å². The average molecular weight is 531 g/mol. The number of piperazine rings is 1. The van der Waals surface area contributed by atoms with E-state index in [1.54, 1.807) is 0 Å². The van der Waals surface area contributed by atoms with E-state index >= 15 is 0 Å². The molecule has 3 amide bonds. The predicted octanol–water partition coefficient (Wildman–Crippen LogP) is 4.37. The number of halogens is 5. The Morgan fingerprint density at radius 2 is 1.45 bits per heavy atom. The van der Waals surface area contributed by atoms with Crippen LogP contribution in [0.5, 0.6) is 0 Å². The minimum atomic E-state index is -4.67. The minimum absolute atomic E-state index is 0.0445. The maximum atomic E-state index is 14.0.